The molecule has 0 aliphatic rings. The summed E-state index contributed by atoms with van der Waals surface area (Å²) in [5.74, 6) is 0. The molecule has 2 heterocycles. The molecule has 0 aliphatic carbocycles. The van der Waals surface area contributed by atoms with Crippen LogP contribution in [-0.2, 0) is 6.54 Å². The molecular weight excluding hydrogens is 327 g/mol. The Balaban J connectivity index is 2.35. The van der Waals surface area contributed by atoms with Crippen molar-refractivity contribution in [2.45, 2.75) is 11.7 Å². The second kappa shape index (κ2) is 5.85. The van der Waals surface area contributed by atoms with Gasteiger partial charge in [-0.15, -0.1) is 0 Å². The van der Waals surface area contributed by atoms with Crippen molar-refractivity contribution in [2.24, 2.45) is 5.73 Å². The van der Waals surface area contributed by atoms with Crippen molar-refractivity contribution in [3.05, 3.63) is 40.0 Å². The van der Waals surface area contributed by atoms with Gasteiger partial charge in [-0.2, -0.15) is 0 Å². The summed E-state index contributed by atoms with van der Waals surface area (Å²) in [7, 11) is 0. The molecule has 0 atom stereocenters. The van der Waals surface area contributed by atoms with E-state index in [1.165, 1.54) is 11.8 Å². The molecule has 3 rings (SSSR count). The molecule has 21 heavy (non-hydrogen) atoms. The van der Waals surface area contributed by atoms with Gasteiger partial charge < -0.3 is 10.7 Å². The lowest BCUT2D eigenvalue weighted by atomic mass is 10.1. The molecular formula is C14H12Cl2N4S. The number of rotatable bonds is 3. The lowest BCUT2D eigenvalue weighted by Crippen LogP contribution is -1.98. The van der Waals surface area contributed by atoms with Gasteiger partial charge in [0.15, 0.2) is 5.16 Å². The SMILES string of the molecule is CSc1nc(-c2ccc(Cl)cc2Cl)c2c(CN)c[nH]c2n1. The van der Waals surface area contributed by atoms with Crippen LogP contribution in [0.3, 0.4) is 0 Å². The van der Waals surface area contributed by atoms with Crippen LogP contribution in [0.25, 0.3) is 22.3 Å². The first-order valence-corrected chi connectivity index (χ1v) is 8.19. The Morgan fingerprint density at radius 3 is 2.76 bits per heavy atom. The van der Waals surface area contributed by atoms with Crippen molar-refractivity contribution in [3.8, 4) is 11.3 Å². The molecule has 1 aromatic carbocycles. The van der Waals surface area contributed by atoms with Gasteiger partial charge in [-0.3, -0.25) is 0 Å². The second-order valence-electron chi connectivity index (χ2n) is 4.42. The topological polar surface area (TPSA) is 67.6 Å². The van der Waals surface area contributed by atoms with Crippen LogP contribution in [-0.4, -0.2) is 21.2 Å². The van der Waals surface area contributed by atoms with Crippen molar-refractivity contribution in [2.75, 3.05) is 6.26 Å². The Bertz CT molecular complexity index is 816. The van der Waals surface area contributed by atoms with E-state index in [9.17, 15) is 0 Å². The number of thioether (sulfide) groups is 1. The minimum atomic E-state index is 0.403. The van der Waals surface area contributed by atoms with E-state index in [4.69, 9.17) is 28.9 Å². The van der Waals surface area contributed by atoms with E-state index in [1.54, 1.807) is 12.1 Å². The Morgan fingerprint density at radius 2 is 2.10 bits per heavy atom. The maximum absolute atomic E-state index is 6.33. The molecule has 0 spiro atoms. The van der Waals surface area contributed by atoms with E-state index in [1.807, 2.05) is 18.5 Å². The first kappa shape index (κ1) is 14.7. The Hall–Kier alpha value is -1.27. The van der Waals surface area contributed by atoms with Gasteiger partial charge in [-0.25, -0.2) is 9.97 Å². The standard InChI is InChI=1S/C14H12Cl2N4S/c1-21-14-19-12(9-3-2-8(15)4-10(9)16)11-7(5-17)6-18-13(11)20-14/h2-4,6H,5,17H2,1H3,(H,18,19,20). The molecule has 0 saturated heterocycles. The van der Waals surface area contributed by atoms with Crippen LogP contribution in [0.1, 0.15) is 5.56 Å². The number of nitrogens with one attached hydrogen (secondary N) is 1. The number of hydrogen-bond acceptors (Lipinski definition) is 4. The lowest BCUT2D eigenvalue weighted by Gasteiger charge is -2.08. The highest BCUT2D eigenvalue weighted by Gasteiger charge is 2.16. The van der Waals surface area contributed by atoms with E-state index >= 15 is 0 Å². The number of aromatic nitrogens is 3. The van der Waals surface area contributed by atoms with Crippen LogP contribution >= 0.6 is 35.0 Å². The minimum absolute atomic E-state index is 0.403. The molecule has 0 radical (unpaired) electrons. The quantitative estimate of drug-likeness (QED) is 0.557. The van der Waals surface area contributed by atoms with Gasteiger partial charge in [0.1, 0.15) is 5.65 Å². The van der Waals surface area contributed by atoms with Crippen LogP contribution in [0.4, 0.5) is 0 Å². The van der Waals surface area contributed by atoms with Crippen molar-refractivity contribution in [1.29, 1.82) is 0 Å². The molecule has 0 bridgehead atoms. The van der Waals surface area contributed by atoms with E-state index in [0.717, 1.165) is 27.9 Å². The van der Waals surface area contributed by atoms with Crippen LogP contribution < -0.4 is 5.73 Å². The number of benzene rings is 1. The molecule has 2 aromatic heterocycles. The number of nitrogens with zero attached hydrogens (tertiary/aromatic N) is 2. The van der Waals surface area contributed by atoms with Crippen LogP contribution in [0.15, 0.2) is 29.6 Å². The van der Waals surface area contributed by atoms with E-state index < -0.39 is 0 Å². The zero-order valence-corrected chi connectivity index (χ0v) is 13.5. The number of H-pyrrole nitrogens is 1. The van der Waals surface area contributed by atoms with E-state index in [0.29, 0.717) is 21.7 Å². The summed E-state index contributed by atoms with van der Waals surface area (Å²) < 4.78 is 0. The third-order valence-corrected chi connectivity index (χ3v) is 4.28. The van der Waals surface area contributed by atoms with Gasteiger partial charge in [0.25, 0.3) is 0 Å². The van der Waals surface area contributed by atoms with Crippen LogP contribution in [0, 0.1) is 0 Å². The van der Waals surface area contributed by atoms with Gasteiger partial charge in [0.05, 0.1) is 10.7 Å². The maximum Gasteiger partial charge on any atom is 0.189 e. The van der Waals surface area contributed by atoms with Crippen molar-refractivity contribution in [1.82, 2.24) is 15.0 Å². The summed E-state index contributed by atoms with van der Waals surface area (Å²) in [4.78, 5) is 12.2. The van der Waals surface area contributed by atoms with Crippen molar-refractivity contribution in [3.63, 3.8) is 0 Å². The monoisotopic (exact) mass is 338 g/mol. The van der Waals surface area contributed by atoms with Crippen LogP contribution in [0.5, 0.6) is 0 Å². The average molecular weight is 339 g/mol. The fraction of sp³-hybridized carbons (Fsp3) is 0.143. The van der Waals surface area contributed by atoms with Crippen molar-refractivity contribution < 1.29 is 0 Å². The molecule has 0 fully saturated rings. The molecule has 0 amide bonds. The average Bonchev–Trinajstić information content (AvgIpc) is 2.89. The van der Waals surface area contributed by atoms with Gasteiger partial charge in [-0.1, -0.05) is 35.0 Å². The molecule has 0 aliphatic heterocycles. The third-order valence-electron chi connectivity index (χ3n) is 3.18. The predicted molar refractivity (Wildman–Crippen MR) is 89.0 cm³/mol. The summed E-state index contributed by atoms with van der Waals surface area (Å²) in [6.45, 7) is 0.403. The molecule has 3 N–H and O–H groups in total. The van der Waals surface area contributed by atoms with Crippen molar-refractivity contribution >= 4 is 46.0 Å². The largest absolute Gasteiger partial charge is 0.346 e. The molecule has 4 nitrogen and oxygen atoms in total. The zero-order valence-electron chi connectivity index (χ0n) is 11.2. The molecule has 3 aromatic rings. The smallest absolute Gasteiger partial charge is 0.189 e. The summed E-state index contributed by atoms with van der Waals surface area (Å²) >= 11 is 13.8. The first-order valence-electron chi connectivity index (χ1n) is 6.21. The Labute approximate surface area is 136 Å². The van der Waals surface area contributed by atoms with Gasteiger partial charge in [0.2, 0.25) is 0 Å². The molecule has 0 saturated carbocycles. The molecule has 0 unspecified atom stereocenters. The summed E-state index contributed by atoms with van der Waals surface area (Å²) in [6, 6.07) is 5.37. The fourth-order valence-corrected chi connectivity index (χ4v) is 3.07. The Morgan fingerprint density at radius 1 is 1.29 bits per heavy atom. The molecule has 7 heteroatoms. The summed E-state index contributed by atoms with van der Waals surface area (Å²) in [6.07, 6.45) is 3.79. The first-order chi connectivity index (χ1) is 10.1. The zero-order chi connectivity index (χ0) is 15.0. The number of hydrogen-bond donors (Lipinski definition) is 2. The van der Waals surface area contributed by atoms with Gasteiger partial charge in [-0.05, 0) is 30.0 Å². The number of fused-ring (bicyclic) bond motifs is 1. The second-order valence-corrected chi connectivity index (χ2v) is 6.04. The maximum atomic E-state index is 6.33. The number of aromatic amines is 1. The van der Waals surface area contributed by atoms with E-state index in [-0.39, 0.29) is 0 Å². The third kappa shape index (κ3) is 2.62. The van der Waals surface area contributed by atoms with Gasteiger partial charge >= 0.3 is 0 Å². The highest BCUT2D eigenvalue weighted by molar-refractivity contribution is 7.98. The van der Waals surface area contributed by atoms with Crippen LogP contribution in [0.2, 0.25) is 10.0 Å². The normalized spacial score (nSPS) is 11.2. The summed E-state index contributed by atoms with van der Waals surface area (Å²) in [5.41, 5.74) is 9.11. The summed E-state index contributed by atoms with van der Waals surface area (Å²) in [5, 5.41) is 2.72. The highest BCUT2D eigenvalue weighted by atomic mass is 35.5. The lowest BCUT2D eigenvalue weighted by molar-refractivity contribution is 1.00. The fourth-order valence-electron chi connectivity index (χ4n) is 2.21. The molecule has 108 valence electrons. The predicted octanol–water partition coefficient (Wildman–Crippen LogP) is 4.11. The number of nitrogens with two attached hydrogens (primary N) is 1. The Kier molecular flexibility index (Phi) is 4.08. The highest BCUT2D eigenvalue weighted by Crippen LogP contribution is 2.35. The van der Waals surface area contributed by atoms with E-state index in [2.05, 4.69) is 15.0 Å². The van der Waals surface area contributed by atoms with Gasteiger partial charge in [0, 0.05) is 28.7 Å². The minimum Gasteiger partial charge on any atom is -0.346 e. The number of halogens is 2.